The minimum atomic E-state index is -0.0660. The second-order valence-electron chi connectivity index (χ2n) is 6.33. The SMILES string of the molecule is Cc1nn(Cc2ccccc2Cl)c2sc(C(=O)NCc3ccccc3)cc12. The normalized spacial score (nSPS) is 11.0. The molecule has 0 aliphatic carbocycles. The van der Waals surface area contributed by atoms with Crippen molar-refractivity contribution in [2.45, 2.75) is 20.0 Å². The molecule has 0 fully saturated rings. The Morgan fingerprint density at radius 3 is 2.67 bits per heavy atom. The van der Waals surface area contributed by atoms with Gasteiger partial charge >= 0.3 is 0 Å². The first-order valence-corrected chi connectivity index (χ1v) is 9.84. The van der Waals surface area contributed by atoms with Crippen LogP contribution in [0.25, 0.3) is 10.2 Å². The largest absolute Gasteiger partial charge is 0.347 e. The first kappa shape index (κ1) is 17.8. The van der Waals surface area contributed by atoms with Gasteiger partial charge in [-0.3, -0.25) is 9.48 Å². The number of carbonyl (C=O) groups is 1. The average molecular weight is 396 g/mol. The minimum absolute atomic E-state index is 0.0660. The zero-order chi connectivity index (χ0) is 18.8. The Bertz CT molecular complexity index is 1100. The number of benzene rings is 2. The van der Waals surface area contributed by atoms with Crippen LogP contribution in [0.5, 0.6) is 0 Å². The third-order valence-electron chi connectivity index (χ3n) is 4.41. The highest BCUT2D eigenvalue weighted by atomic mass is 35.5. The van der Waals surface area contributed by atoms with E-state index in [0.717, 1.165) is 32.1 Å². The van der Waals surface area contributed by atoms with Gasteiger partial charge in [0.25, 0.3) is 5.91 Å². The summed E-state index contributed by atoms with van der Waals surface area (Å²) in [5, 5.41) is 9.33. The van der Waals surface area contributed by atoms with Gasteiger partial charge in [-0.05, 0) is 30.2 Å². The number of nitrogens with one attached hydrogen (secondary N) is 1. The molecule has 2 aromatic heterocycles. The molecule has 0 atom stereocenters. The highest BCUT2D eigenvalue weighted by Crippen LogP contribution is 2.29. The van der Waals surface area contributed by atoms with E-state index in [0.29, 0.717) is 18.0 Å². The Balaban J connectivity index is 1.57. The van der Waals surface area contributed by atoms with Gasteiger partial charge < -0.3 is 5.32 Å². The lowest BCUT2D eigenvalue weighted by Crippen LogP contribution is -2.21. The molecule has 27 heavy (non-hydrogen) atoms. The first-order chi connectivity index (χ1) is 13.1. The van der Waals surface area contributed by atoms with E-state index in [1.165, 1.54) is 11.3 Å². The van der Waals surface area contributed by atoms with Gasteiger partial charge in [0.1, 0.15) is 4.83 Å². The van der Waals surface area contributed by atoms with Crippen LogP contribution in [0, 0.1) is 6.92 Å². The van der Waals surface area contributed by atoms with E-state index in [1.54, 1.807) is 0 Å². The number of fused-ring (bicyclic) bond motifs is 1. The van der Waals surface area contributed by atoms with E-state index in [-0.39, 0.29) is 5.91 Å². The molecule has 0 spiro atoms. The highest BCUT2D eigenvalue weighted by molar-refractivity contribution is 7.20. The number of carbonyl (C=O) groups excluding carboxylic acids is 1. The fraction of sp³-hybridized carbons (Fsp3) is 0.143. The third-order valence-corrected chi connectivity index (χ3v) is 5.92. The van der Waals surface area contributed by atoms with Gasteiger partial charge in [0, 0.05) is 17.0 Å². The van der Waals surface area contributed by atoms with Gasteiger partial charge in [0.05, 0.1) is 17.1 Å². The molecule has 4 aromatic rings. The van der Waals surface area contributed by atoms with Crippen molar-refractivity contribution in [3.63, 3.8) is 0 Å². The van der Waals surface area contributed by atoms with E-state index < -0.39 is 0 Å². The number of hydrogen-bond acceptors (Lipinski definition) is 3. The fourth-order valence-corrected chi connectivity index (χ4v) is 4.26. The molecular formula is C21H18ClN3OS. The van der Waals surface area contributed by atoms with Crippen LogP contribution in [0.15, 0.2) is 60.7 Å². The van der Waals surface area contributed by atoms with Crippen molar-refractivity contribution in [3.05, 3.63) is 87.4 Å². The molecule has 1 N–H and O–H groups in total. The molecule has 0 unspecified atom stereocenters. The van der Waals surface area contributed by atoms with Gasteiger partial charge in [-0.2, -0.15) is 5.10 Å². The monoisotopic (exact) mass is 395 g/mol. The van der Waals surface area contributed by atoms with Crippen LogP contribution < -0.4 is 5.32 Å². The van der Waals surface area contributed by atoms with E-state index in [4.69, 9.17) is 11.6 Å². The number of amides is 1. The topological polar surface area (TPSA) is 46.9 Å². The zero-order valence-corrected chi connectivity index (χ0v) is 16.3. The number of aryl methyl sites for hydroxylation is 1. The molecule has 0 aliphatic heterocycles. The number of rotatable bonds is 5. The van der Waals surface area contributed by atoms with Crippen LogP contribution in [-0.4, -0.2) is 15.7 Å². The summed E-state index contributed by atoms with van der Waals surface area (Å²) in [6.45, 7) is 3.05. The second-order valence-corrected chi connectivity index (χ2v) is 7.77. The van der Waals surface area contributed by atoms with E-state index >= 15 is 0 Å². The lowest BCUT2D eigenvalue weighted by Gasteiger charge is -2.05. The van der Waals surface area contributed by atoms with Crippen LogP contribution >= 0.6 is 22.9 Å². The first-order valence-electron chi connectivity index (χ1n) is 8.64. The Hall–Kier alpha value is -2.63. The number of nitrogens with zero attached hydrogens (tertiary/aromatic N) is 2. The Kier molecular flexibility index (Phi) is 4.97. The lowest BCUT2D eigenvalue weighted by molar-refractivity contribution is 0.0955. The van der Waals surface area contributed by atoms with E-state index in [1.807, 2.05) is 72.3 Å². The number of aromatic nitrogens is 2. The smallest absolute Gasteiger partial charge is 0.261 e. The maximum absolute atomic E-state index is 12.6. The summed E-state index contributed by atoms with van der Waals surface area (Å²) in [6.07, 6.45) is 0. The molecule has 0 saturated heterocycles. The maximum Gasteiger partial charge on any atom is 0.261 e. The van der Waals surface area contributed by atoms with Crippen molar-refractivity contribution in [1.82, 2.24) is 15.1 Å². The number of halogens is 1. The summed E-state index contributed by atoms with van der Waals surface area (Å²) >= 11 is 7.74. The molecule has 0 saturated carbocycles. The van der Waals surface area contributed by atoms with Crippen molar-refractivity contribution in [1.29, 1.82) is 0 Å². The van der Waals surface area contributed by atoms with Crippen LogP contribution in [0.3, 0.4) is 0 Å². The molecule has 136 valence electrons. The molecule has 2 aromatic carbocycles. The summed E-state index contributed by atoms with van der Waals surface area (Å²) < 4.78 is 1.92. The lowest BCUT2D eigenvalue weighted by atomic mass is 10.2. The standard InChI is InChI=1S/C21H18ClN3OS/c1-14-17-11-19(20(26)23-12-15-7-3-2-4-8-15)27-21(17)25(24-14)13-16-9-5-6-10-18(16)22/h2-11H,12-13H2,1H3,(H,23,26). The molecule has 1 amide bonds. The third kappa shape index (κ3) is 3.75. The van der Waals surface area contributed by atoms with Crippen molar-refractivity contribution in [2.75, 3.05) is 0 Å². The highest BCUT2D eigenvalue weighted by Gasteiger charge is 2.17. The molecule has 0 aliphatic rings. The second kappa shape index (κ2) is 7.55. The zero-order valence-electron chi connectivity index (χ0n) is 14.8. The van der Waals surface area contributed by atoms with Gasteiger partial charge in [0.15, 0.2) is 0 Å². The summed E-state index contributed by atoms with van der Waals surface area (Å²) in [5.74, 6) is -0.0660. The quantitative estimate of drug-likeness (QED) is 0.514. The molecular weight excluding hydrogens is 378 g/mol. The molecule has 6 heteroatoms. The Labute approximate surface area is 166 Å². The van der Waals surface area contributed by atoms with Crippen molar-refractivity contribution >= 4 is 39.1 Å². The Morgan fingerprint density at radius 2 is 1.89 bits per heavy atom. The molecule has 4 rings (SSSR count). The average Bonchev–Trinajstić information content (AvgIpc) is 3.24. The van der Waals surface area contributed by atoms with E-state index in [9.17, 15) is 4.79 Å². The van der Waals surface area contributed by atoms with Crippen molar-refractivity contribution in [3.8, 4) is 0 Å². The molecule has 0 bridgehead atoms. The number of hydrogen-bond donors (Lipinski definition) is 1. The van der Waals surface area contributed by atoms with Gasteiger partial charge in [-0.1, -0.05) is 60.1 Å². The van der Waals surface area contributed by atoms with Gasteiger partial charge in [0.2, 0.25) is 0 Å². The van der Waals surface area contributed by atoms with Crippen LogP contribution in [0.4, 0.5) is 0 Å². The minimum Gasteiger partial charge on any atom is -0.347 e. The van der Waals surface area contributed by atoms with Gasteiger partial charge in [-0.25, -0.2) is 0 Å². The van der Waals surface area contributed by atoms with Crippen LogP contribution in [-0.2, 0) is 13.1 Å². The maximum atomic E-state index is 12.6. The molecule has 2 heterocycles. The van der Waals surface area contributed by atoms with Crippen molar-refractivity contribution < 1.29 is 4.79 Å². The predicted octanol–water partition coefficient (Wildman–Crippen LogP) is 5.04. The van der Waals surface area contributed by atoms with Crippen LogP contribution in [0.1, 0.15) is 26.5 Å². The molecule has 4 nitrogen and oxygen atoms in total. The summed E-state index contributed by atoms with van der Waals surface area (Å²) in [6, 6.07) is 19.6. The molecule has 0 radical (unpaired) electrons. The Morgan fingerprint density at radius 1 is 1.15 bits per heavy atom. The van der Waals surface area contributed by atoms with Crippen LogP contribution in [0.2, 0.25) is 5.02 Å². The predicted molar refractivity (Wildman–Crippen MR) is 111 cm³/mol. The summed E-state index contributed by atoms with van der Waals surface area (Å²) in [7, 11) is 0. The number of thiophene rings is 1. The fourth-order valence-electron chi connectivity index (χ4n) is 2.99. The summed E-state index contributed by atoms with van der Waals surface area (Å²) in [5.41, 5.74) is 3.00. The summed E-state index contributed by atoms with van der Waals surface area (Å²) in [4.78, 5) is 14.2. The van der Waals surface area contributed by atoms with E-state index in [2.05, 4.69) is 10.4 Å². The van der Waals surface area contributed by atoms with Gasteiger partial charge in [-0.15, -0.1) is 11.3 Å². The van der Waals surface area contributed by atoms with Crippen molar-refractivity contribution in [2.24, 2.45) is 0 Å².